The third-order valence-electron chi connectivity index (χ3n) is 3.71. The van der Waals surface area contributed by atoms with Crippen molar-refractivity contribution in [1.29, 1.82) is 0 Å². The number of rotatable bonds is 3. The third-order valence-corrected chi connectivity index (χ3v) is 3.71. The van der Waals surface area contributed by atoms with Crippen LogP contribution in [0.25, 0.3) is 0 Å². The van der Waals surface area contributed by atoms with Crippen molar-refractivity contribution < 1.29 is 4.74 Å². The van der Waals surface area contributed by atoms with Gasteiger partial charge in [0, 0.05) is 5.56 Å². The first kappa shape index (κ1) is 13.5. The number of hydrogen-bond acceptors (Lipinski definition) is 5. The van der Waals surface area contributed by atoms with Gasteiger partial charge in [0.15, 0.2) is 0 Å². The highest BCUT2D eigenvalue weighted by Gasteiger charge is 2.29. The summed E-state index contributed by atoms with van der Waals surface area (Å²) >= 11 is 0. The van der Waals surface area contributed by atoms with Gasteiger partial charge < -0.3 is 4.74 Å². The molecule has 1 aromatic heterocycles. The topological polar surface area (TPSA) is 64.3 Å². The zero-order chi connectivity index (χ0) is 15.5. The van der Waals surface area contributed by atoms with E-state index in [1.165, 1.54) is 6.33 Å². The second-order valence-electron chi connectivity index (χ2n) is 5.17. The molecule has 0 fully saturated rings. The molecule has 2 aromatic carbocycles. The number of anilines is 1. The van der Waals surface area contributed by atoms with E-state index in [0.29, 0.717) is 6.61 Å². The van der Waals surface area contributed by atoms with Gasteiger partial charge >= 0.3 is 0 Å². The van der Waals surface area contributed by atoms with Crippen LogP contribution in [0, 0.1) is 0 Å². The van der Waals surface area contributed by atoms with E-state index >= 15 is 0 Å². The van der Waals surface area contributed by atoms with Gasteiger partial charge in [-0.15, -0.1) is 0 Å². The van der Waals surface area contributed by atoms with E-state index in [9.17, 15) is 0 Å². The molecule has 0 aliphatic carbocycles. The minimum atomic E-state index is -0.122. The summed E-state index contributed by atoms with van der Waals surface area (Å²) in [6.07, 6.45) is 3.20. The summed E-state index contributed by atoms with van der Waals surface area (Å²) in [5, 5.41) is 8.87. The van der Waals surface area contributed by atoms with Crippen molar-refractivity contribution in [2.75, 3.05) is 12.0 Å². The first-order valence-electron chi connectivity index (χ1n) is 7.37. The quantitative estimate of drug-likeness (QED) is 0.756. The lowest BCUT2D eigenvalue weighted by atomic mass is 10.0. The minimum Gasteiger partial charge on any atom is -0.490 e. The maximum absolute atomic E-state index is 5.84. The Hall–Kier alpha value is -3.15. The van der Waals surface area contributed by atoms with E-state index in [1.54, 1.807) is 11.0 Å². The maximum atomic E-state index is 5.84. The van der Waals surface area contributed by atoms with Crippen molar-refractivity contribution in [2.24, 2.45) is 5.10 Å². The van der Waals surface area contributed by atoms with Gasteiger partial charge in [-0.1, -0.05) is 30.3 Å². The Labute approximate surface area is 133 Å². The number of ether oxygens (including phenoxy) is 1. The summed E-state index contributed by atoms with van der Waals surface area (Å²) in [5.41, 5.74) is 5.89. The van der Waals surface area contributed by atoms with Crippen LogP contribution in [0.5, 0.6) is 5.75 Å². The Morgan fingerprint density at radius 2 is 1.91 bits per heavy atom. The van der Waals surface area contributed by atoms with Gasteiger partial charge in [-0.25, -0.2) is 9.67 Å². The second-order valence-corrected chi connectivity index (χ2v) is 5.17. The van der Waals surface area contributed by atoms with Crippen LogP contribution in [0.15, 0.2) is 72.4 Å². The van der Waals surface area contributed by atoms with Crippen LogP contribution in [0.4, 0.5) is 5.69 Å². The van der Waals surface area contributed by atoms with Gasteiger partial charge in [0.2, 0.25) is 0 Å². The Bertz CT molecular complexity index is 814. The zero-order valence-electron chi connectivity index (χ0n) is 12.3. The second kappa shape index (κ2) is 5.92. The van der Waals surface area contributed by atoms with E-state index < -0.39 is 0 Å². The van der Waals surface area contributed by atoms with Crippen molar-refractivity contribution in [3.8, 4) is 5.75 Å². The molecule has 1 aliphatic heterocycles. The molecule has 0 saturated heterocycles. The third kappa shape index (κ3) is 2.66. The lowest BCUT2D eigenvalue weighted by Gasteiger charge is -2.26. The molecule has 23 heavy (non-hydrogen) atoms. The Kier molecular flexibility index (Phi) is 3.48. The number of benzene rings is 2. The molecule has 0 amide bonds. The summed E-state index contributed by atoms with van der Waals surface area (Å²) in [4.78, 5) is 4.03. The molecule has 1 aliphatic rings. The van der Waals surface area contributed by atoms with E-state index in [4.69, 9.17) is 4.74 Å². The normalized spacial score (nSPS) is 18.3. The van der Waals surface area contributed by atoms with Crippen molar-refractivity contribution in [3.05, 3.63) is 72.8 Å². The summed E-state index contributed by atoms with van der Waals surface area (Å²) in [7, 11) is 0. The number of nitrogens with zero attached hydrogens (tertiary/aromatic N) is 4. The molecule has 0 spiro atoms. The Balaban J connectivity index is 1.74. The molecule has 2 heterocycles. The molecule has 3 aromatic rings. The average Bonchev–Trinajstić information content (AvgIpc) is 3.15. The maximum Gasteiger partial charge on any atom is 0.137 e. The summed E-state index contributed by atoms with van der Waals surface area (Å²) in [6.45, 7) is 0.468. The minimum absolute atomic E-state index is 0.122. The smallest absolute Gasteiger partial charge is 0.137 e. The molecule has 6 nitrogen and oxygen atoms in total. The van der Waals surface area contributed by atoms with Crippen LogP contribution in [0.2, 0.25) is 0 Å². The molecule has 114 valence electrons. The SMILES string of the molecule is c1ccc(NN=C2c3ccccc3OCC2n2cncn2)cc1. The van der Waals surface area contributed by atoms with Gasteiger partial charge in [-0.3, -0.25) is 5.43 Å². The van der Waals surface area contributed by atoms with Crippen molar-refractivity contribution in [3.63, 3.8) is 0 Å². The molecule has 0 radical (unpaired) electrons. The monoisotopic (exact) mass is 305 g/mol. The zero-order valence-corrected chi connectivity index (χ0v) is 12.3. The lowest BCUT2D eigenvalue weighted by Crippen LogP contribution is -2.32. The standard InChI is InChI=1S/C17H15N5O/c1-2-6-13(7-3-1)20-21-17-14-8-4-5-9-16(14)23-10-15(17)22-12-18-11-19-22/h1-9,11-12,15,20H,10H2. The van der Waals surface area contributed by atoms with Gasteiger partial charge in [0.25, 0.3) is 0 Å². The molecule has 1 atom stereocenters. The summed E-state index contributed by atoms with van der Waals surface area (Å²) in [6, 6.07) is 17.6. The van der Waals surface area contributed by atoms with E-state index in [2.05, 4.69) is 20.6 Å². The van der Waals surface area contributed by atoms with E-state index in [0.717, 1.165) is 22.7 Å². The fourth-order valence-corrected chi connectivity index (χ4v) is 2.58. The molecular formula is C17H15N5O. The van der Waals surface area contributed by atoms with Crippen molar-refractivity contribution in [1.82, 2.24) is 14.8 Å². The van der Waals surface area contributed by atoms with E-state index in [-0.39, 0.29) is 6.04 Å². The fraction of sp³-hybridized carbons (Fsp3) is 0.118. The average molecular weight is 305 g/mol. The Morgan fingerprint density at radius 3 is 2.74 bits per heavy atom. The molecule has 6 heteroatoms. The van der Waals surface area contributed by atoms with Gasteiger partial charge in [0.1, 0.15) is 31.1 Å². The number of para-hydroxylation sites is 2. The van der Waals surface area contributed by atoms with Gasteiger partial charge in [0.05, 0.1) is 11.4 Å². The van der Waals surface area contributed by atoms with Crippen LogP contribution in [-0.4, -0.2) is 27.1 Å². The Morgan fingerprint density at radius 1 is 1.09 bits per heavy atom. The van der Waals surface area contributed by atoms with Crippen molar-refractivity contribution in [2.45, 2.75) is 6.04 Å². The van der Waals surface area contributed by atoms with Crippen molar-refractivity contribution >= 4 is 11.4 Å². The number of fused-ring (bicyclic) bond motifs is 1. The number of nitrogens with one attached hydrogen (secondary N) is 1. The first-order chi connectivity index (χ1) is 11.4. The van der Waals surface area contributed by atoms with Crippen LogP contribution in [0.1, 0.15) is 11.6 Å². The lowest BCUT2D eigenvalue weighted by molar-refractivity contribution is 0.265. The summed E-state index contributed by atoms with van der Waals surface area (Å²) in [5.74, 6) is 0.831. The van der Waals surface area contributed by atoms with E-state index in [1.807, 2.05) is 54.6 Å². The molecule has 1 N–H and O–H groups in total. The highest BCUT2D eigenvalue weighted by Crippen LogP contribution is 2.29. The summed E-state index contributed by atoms with van der Waals surface area (Å²) < 4.78 is 7.61. The predicted octanol–water partition coefficient (Wildman–Crippen LogP) is 2.73. The number of hydrazone groups is 1. The molecule has 1 unspecified atom stereocenters. The first-order valence-corrected chi connectivity index (χ1v) is 7.37. The number of hydrogen-bond donors (Lipinski definition) is 1. The fourth-order valence-electron chi connectivity index (χ4n) is 2.58. The molecule has 0 saturated carbocycles. The number of aromatic nitrogens is 3. The van der Waals surface area contributed by atoms with Crippen LogP contribution in [-0.2, 0) is 0 Å². The van der Waals surface area contributed by atoms with Gasteiger partial charge in [-0.05, 0) is 24.3 Å². The predicted molar refractivity (Wildman–Crippen MR) is 87.6 cm³/mol. The van der Waals surface area contributed by atoms with Crippen LogP contribution in [0.3, 0.4) is 0 Å². The van der Waals surface area contributed by atoms with Gasteiger partial charge in [-0.2, -0.15) is 10.2 Å². The highest BCUT2D eigenvalue weighted by atomic mass is 16.5. The molecular weight excluding hydrogens is 290 g/mol. The van der Waals surface area contributed by atoms with Crippen LogP contribution >= 0.6 is 0 Å². The largest absolute Gasteiger partial charge is 0.490 e. The molecule has 0 bridgehead atoms. The highest BCUT2D eigenvalue weighted by molar-refractivity contribution is 6.06. The molecule has 4 rings (SSSR count). The van der Waals surface area contributed by atoms with Crippen LogP contribution < -0.4 is 10.2 Å².